The minimum atomic E-state index is -0.455. The van der Waals surface area contributed by atoms with Crippen LogP contribution in [0.25, 0.3) is 0 Å². The maximum atomic E-state index is 9.72. The number of methoxy groups -OCH3 is 1. The summed E-state index contributed by atoms with van der Waals surface area (Å²) in [6, 6.07) is 3.95. The maximum Gasteiger partial charge on any atom is 0.0957 e. The van der Waals surface area contributed by atoms with Crippen LogP contribution in [-0.4, -0.2) is 36.9 Å². The first-order valence-electron chi connectivity index (χ1n) is 6.80. The van der Waals surface area contributed by atoms with E-state index >= 15 is 0 Å². The third kappa shape index (κ3) is 3.55. The van der Waals surface area contributed by atoms with Crippen molar-refractivity contribution in [1.82, 2.24) is 4.98 Å². The van der Waals surface area contributed by atoms with Gasteiger partial charge in [0.2, 0.25) is 0 Å². The Morgan fingerprint density at radius 3 is 2.84 bits per heavy atom. The summed E-state index contributed by atoms with van der Waals surface area (Å²) in [6.45, 7) is 4.57. The molecule has 0 amide bonds. The number of aliphatic hydroxyl groups excluding tert-OH is 1. The number of ether oxygens (including phenoxy) is 1. The quantitative estimate of drug-likeness (QED) is 0.827. The van der Waals surface area contributed by atoms with E-state index in [-0.39, 0.29) is 0 Å². The second-order valence-electron chi connectivity index (χ2n) is 4.86. The highest BCUT2D eigenvalue weighted by Crippen LogP contribution is 2.21. The van der Waals surface area contributed by atoms with Gasteiger partial charge in [0, 0.05) is 20.2 Å². The molecule has 1 aromatic heterocycles. The van der Waals surface area contributed by atoms with Crippen LogP contribution in [0, 0.1) is 0 Å². The molecule has 1 aliphatic rings. The molecule has 0 aromatic carbocycles. The van der Waals surface area contributed by atoms with E-state index in [1.807, 2.05) is 25.3 Å². The summed E-state index contributed by atoms with van der Waals surface area (Å²) in [6.07, 6.45) is 5.35. The van der Waals surface area contributed by atoms with Gasteiger partial charge >= 0.3 is 0 Å². The van der Waals surface area contributed by atoms with Gasteiger partial charge in [-0.2, -0.15) is 0 Å². The molecule has 19 heavy (non-hydrogen) atoms. The molecule has 0 fully saturated rings. The summed E-state index contributed by atoms with van der Waals surface area (Å²) in [7, 11) is 1.73. The predicted molar refractivity (Wildman–Crippen MR) is 76.3 cm³/mol. The highest BCUT2D eigenvalue weighted by Gasteiger charge is 2.13. The lowest BCUT2D eigenvalue weighted by atomic mass is 10.1. The number of aliphatic hydroxyl groups is 1. The van der Waals surface area contributed by atoms with Crippen LogP contribution in [0.5, 0.6) is 0 Å². The normalized spacial score (nSPS) is 17.2. The second kappa shape index (κ2) is 6.68. The van der Waals surface area contributed by atoms with Gasteiger partial charge in [-0.15, -0.1) is 0 Å². The zero-order valence-corrected chi connectivity index (χ0v) is 11.7. The Bertz CT molecular complexity index is 428. The van der Waals surface area contributed by atoms with Crippen molar-refractivity contribution in [2.24, 2.45) is 0 Å². The van der Waals surface area contributed by atoms with Gasteiger partial charge in [-0.1, -0.05) is 13.0 Å². The maximum absolute atomic E-state index is 9.72. The summed E-state index contributed by atoms with van der Waals surface area (Å²) >= 11 is 0. The fraction of sp³-hybridized carbons (Fsp3) is 0.533. The Labute approximate surface area is 114 Å². The van der Waals surface area contributed by atoms with Crippen molar-refractivity contribution in [2.75, 3.05) is 31.7 Å². The SMILES string of the molecule is CC[C@@H](O)c1ccc(N2CC=C(COC)CC2)cn1. The molecule has 1 N–H and O–H groups in total. The Morgan fingerprint density at radius 2 is 2.32 bits per heavy atom. The molecule has 4 heteroatoms. The minimum Gasteiger partial charge on any atom is -0.387 e. The number of rotatable bonds is 5. The van der Waals surface area contributed by atoms with Crippen LogP contribution in [0.15, 0.2) is 30.0 Å². The van der Waals surface area contributed by atoms with Crippen molar-refractivity contribution in [3.8, 4) is 0 Å². The van der Waals surface area contributed by atoms with Gasteiger partial charge in [-0.3, -0.25) is 4.98 Å². The summed E-state index contributed by atoms with van der Waals surface area (Å²) in [5, 5.41) is 9.72. The van der Waals surface area contributed by atoms with Crippen molar-refractivity contribution in [3.05, 3.63) is 35.7 Å². The molecule has 104 valence electrons. The van der Waals surface area contributed by atoms with E-state index in [0.29, 0.717) is 6.42 Å². The van der Waals surface area contributed by atoms with E-state index in [0.717, 1.165) is 37.5 Å². The fourth-order valence-corrected chi connectivity index (χ4v) is 2.25. The van der Waals surface area contributed by atoms with Crippen molar-refractivity contribution >= 4 is 5.69 Å². The monoisotopic (exact) mass is 262 g/mol. The average Bonchev–Trinajstić information content (AvgIpc) is 2.48. The summed E-state index contributed by atoms with van der Waals surface area (Å²) in [5.74, 6) is 0. The summed E-state index contributed by atoms with van der Waals surface area (Å²) < 4.78 is 5.15. The van der Waals surface area contributed by atoms with E-state index in [9.17, 15) is 5.11 Å². The van der Waals surface area contributed by atoms with E-state index in [1.165, 1.54) is 5.57 Å². The molecule has 1 aromatic rings. The molecule has 0 unspecified atom stereocenters. The van der Waals surface area contributed by atoms with Crippen molar-refractivity contribution in [3.63, 3.8) is 0 Å². The first-order valence-corrected chi connectivity index (χ1v) is 6.80. The van der Waals surface area contributed by atoms with Gasteiger partial charge in [0.05, 0.1) is 30.3 Å². The average molecular weight is 262 g/mol. The Kier molecular flexibility index (Phi) is 4.93. The van der Waals surface area contributed by atoms with Gasteiger partial charge in [-0.25, -0.2) is 0 Å². The van der Waals surface area contributed by atoms with Crippen LogP contribution in [0.1, 0.15) is 31.6 Å². The molecule has 1 aliphatic heterocycles. The van der Waals surface area contributed by atoms with E-state index in [4.69, 9.17) is 4.74 Å². The zero-order chi connectivity index (χ0) is 13.7. The number of aromatic nitrogens is 1. The predicted octanol–water partition coefficient (Wildman–Crippen LogP) is 2.31. The first-order chi connectivity index (χ1) is 9.24. The van der Waals surface area contributed by atoms with E-state index in [2.05, 4.69) is 16.0 Å². The highest BCUT2D eigenvalue weighted by atomic mass is 16.5. The molecule has 2 heterocycles. The van der Waals surface area contributed by atoms with Crippen molar-refractivity contribution in [2.45, 2.75) is 25.9 Å². The van der Waals surface area contributed by atoms with Crippen LogP contribution in [0.2, 0.25) is 0 Å². The van der Waals surface area contributed by atoms with Gasteiger partial charge < -0.3 is 14.7 Å². The van der Waals surface area contributed by atoms with Gasteiger partial charge in [-0.05, 0) is 30.5 Å². The lowest BCUT2D eigenvalue weighted by Crippen LogP contribution is -2.29. The molecule has 1 atom stereocenters. The summed E-state index contributed by atoms with van der Waals surface area (Å²) in [5.41, 5.74) is 3.23. The van der Waals surface area contributed by atoms with E-state index < -0.39 is 6.10 Å². The molecule has 0 saturated heterocycles. The van der Waals surface area contributed by atoms with Crippen molar-refractivity contribution in [1.29, 1.82) is 0 Å². The third-order valence-electron chi connectivity index (χ3n) is 3.50. The van der Waals surface area contributed by atoms with Crippen LogP contribution >= 0.6 is 0 Å². The number of hydrogen-bond donors (Lipinski definition) is 1. The molecule has 0 saturated carbocycles. The molecular formula is C15H22N2O2. The van der Waals surface area contributed by atoms with E-state index in [1.54, 1.807) is 7.11 Å². The zero-order valence-electron chi connectivity index (χ0n) is 11.7. The molecule has 0 radical (unpaired) electrons. The first kappa shape index (κ1) is 14.0. The molecule has 0 spiro atoms. The van der Waals surface area contributed by atoms with Crippen LogP contribution in [0.4, 0.5) is 5.69 Å². The second-order valence-corrected chi connectivity index (χ2v) is 4.86. The van der Waals surface area contributed by atoms with Gasteiger partial charge in [0.1, 0.15) is 0 Å². The summed E-state index contributed by atoms with van der Waals surface area (Å²) in [4.78, 5) is 6.63. The third-order valence-corrected chi connectivity index (χ3v) is 3.50. The Balaban J connectivity index is 2.00. The smallest absolute Gasteiger partial charge is 0.0957 e. The molecule has 2 rings (SSSR count). The van der Waals surface area contributed by atoms with Crippen LogP contribution < -0.4 is 4.90 Å². The molecular weight excluding hydrogens is 240 g/mol. The minimum absolute atomic E-state index is 0.455. The molecule has 4 nitrogen and oxygen atoms in total. The van der Waals surface area contributed by atoms with Crippen LogP contribution in [0.3, 0.4) is 0 Å². The number of nitrogens with zero attached hydrogens (tertiary/aromatic N) is 2. The highest BCUT2D eigenvalue weighted by molar-refractivity contribution is 5.46. The standard InChI is InChI=1S/C15H22N2O2/c1-3-15(18)14-5-4-13(10-16-14)17-8-6-12(7-9-17)11-19-2/h4-6,10,15,18H,3,7-9,11H2,1-2H3/t15-/m1/s1. The Hall–Kier alpha value is -1.39. The number of hydrogen-bond acceptors (Lipinski definition) is 4. The Morgan fingerprint density at radius 1 is 1.47 bits per heavy atom. The molecule has 0 aliphatic carbocycles. The molecule has 0 bridgehead atoms. The fourth-order valence-electron chi connectivity index (χ4n) is 2.25. The van der Waals surface area contributed by atoms with Crippen LogP contribution in [-0.2, 0) is 4.74 Å². The lowest BCUT2D eigenvalue weighted by molar-refractivity contribution is 0.169. The van der Waals surface area contributed by atoms with Gasteiger partial charge in [0.25, 0.3) is 0 Å². The van der Waals surface area contributed by atoms with Crippen molar-refractivity contribution < 1.29 is 9.84 Å². The largest absolute Gasteiger partial charge is 0.387 e. The number of anilines is 1. The van der Waals surface area contributed by atoms with Gasteiger partial charge in [0.15, 0.2) is 0 Å². The topological polar surface area (TPSA) is 45.6 Å². The number of pyridine rings is 1. The lowest BCUT2D eigenvalue weighted by Gasteiger charge is -2.28.